The maximum atomic E-state index is 11.5. The van der Waals surface area contributed by atoms with E-state index in [2.05, 4.69) is 5.32 Å². The first kappa shape index (κ1) is 18.3. The van der Waals surface area contributed by atoms with E-state index in [0.717, 1.165) is 5.75 Å². The molecule has 0 radical (unpaired) electrons. The summed E-state index contributed by atoms with van der Waals surface area (Å²) in [5, 5.41) is 12.8. The summed E-state index contributed by atoms with van der Waals surface area (Å²) >= 11 is 0. The van der Waals surface area contributed by atoms with Gasteiger partial charge in [0.15, 0.2) is 0 Å². The molecule has 0 aromatic heterocycles. The van der Waals surface area contributed by atoms with Gasteiger partial charge in [-0.3, -0.25) is 0 Å². The first-order valence-electron chi connectivity index (χ1n) is 7.27. The molecule has 2 atom stereocenters. The second-order valence-corrected chi connectivity index (χ2v) is 6.10. The molecule has 1 rings (SSSR count). The Morgan fingerprint density at radius 3 is 2.41 bits per heavy atom. The van der Waals surface area contributed by atoms with Gasteiger partial charge in [0, 0.05) is 12.6 Å². The third kappa shape index (κ3) is 6.32. The minimum atomic E-state index is -0.800. The normalized spacial score (nSPS) is 14.1. The predicted octanol–water partition coefficient (Wildman–Crippen LogP) is 1.97. The van der Waals surface area contributed by atoms with Crippen LogP contribution >= 0.6 is 0 Å². The molecule has 4 N–H and O–H groups in total. The first-order chi connectivity index (χ1) is 10.2. The van der Waals surface area contributed by atoms with Crippen molar-refractivity contribution in [2.24, 2.45) is 5.73 Å². The van der Waals surface area contributed by atoms with Crippen molar-refractivity contribution in [3.05, 3.63) is 29.8 Å². The van der Waals surface area contributed by atoms with E-state index >= 15 is 0 Å². The summed E-state index contributed by atoms with van der Waals surface area (Å²) in [6, 6.07) is 6.59. The Labute approximate surface area is 131 Å². The fourth-order valence-corrected chi connectivity index (χ4v) is 1.86. The molecule has 6 heteroatoms. The van der Waals surface area contributed by atoms with Gasteiger partial charge >= 0.3 is 6.09 Å². The van der Waals surface area contributed by atoms with Crippen molar-refractivity contribution < 1.29 is 19.4 Å². The Kier molecular flexibility index (Phi) is 6.64. The molecule has 124 valence electrons. The van der Waals surface area contributed by atoms with Crippen LogP contribution in [-0.4, -0.2) is 36.5 Å². The number of amides is 1. The highest BCUT2D eigenvalue weighted by atomic mass is 16.6. The van der Waals surface area contributed by atoms with Gasteiger partial charge in [0.1, 0.15) is 11.4 Å². The molecule has 0 aliphatic heterocycles. The van der Waals surface area contributed by atoms with Crippen molar-refractivity contribution in [3.8, 4) is 5.75 Å². The van der Waals surface area contributed by atoms with Crippen LogP contribution in [0.25, 0.3) is 0 Å². The van der Waals surface area contributed by atoms with Crippen LogP contribution in [0.15, 0.2) is 24.3 Å². The number of aliphatic hydroxyl groups is 1. The van der Waals surface area contributed by atoms with Crippen molar-refractivity contribution in [1.82, 2.24) is 5.32 Å². The number of nitrogens with two attached hydrogens (primary N) is 1. The lowest BCUT2D eigenvalue weighted by atomic mass is 10.0. The zero-order valence-electron chi connectivity index (χ0n) is 13.6. The molecular formula is C16H26N2O4. The van der Waals surface area contributed by atoms with Crippen molar-refractivity contribution in [1.29, 1.82) is 0 Å². The van der Waals surface area contributed by atoms with Gasteiger partial charge < -0.3 is 25.6 Å². The van der Waals surface area contributed by atoms with E-state index in [0.29, 0.717) is 18.5 Å². The number of ether oxygens (including phenoxy) is 2. The van der Waals surface area contributed by atoms with Gasteiger partial charge in [0.05, 0.1) is 13.2 Å². The van der Waals surface area contributed by atoms with Crippen molar-refractivity contribution in [3.63, 3.8) is 0 Å². The maximum absolute atomic E-state index is 11.5. The molecular weight excluding hydrogens is 284 g/mol. The third-order valence-electron chi connectivity index (χ3n) is 3.01. The molecule has 0 heterocycles. The van der Waals surface area contributed by atoms with E-state index in [1.54, 1.807) is 52.1 Å². The van der Waals surface area contributed by atoms with Gasteiger partial charge in [-0.15, -0.1) is 0 Å². The minimum Gasteiger partial charge on any atom is -0.497 e. The average molecular weight is 310 g/mol. The summed E-state index contributed by atoms with van der Waals surface area (Å²) in [4.78, 5) is 11.5. The Balaban J connectivity index is 2.40. The van der Waals surface area contributed by atoms with Gasteiger partial charge in [-0.05, 0) is 44.9 Å². The Morgan fingerprint density at radius 2 is 1.91 bits per heavy atom. The summed E-state index contributed by atoms with van der Waals surface area (Å²) in [6.45, 7) is 5.73. The molecule has 0 aliphatic rings. The second kappa shape index (κ2) is 8.00. The summed E-state index contributed by atoms with van der Waals surface area (Å²) in [5.41, 5.74) is 6.14. The van der Waals surface area contributed by atoms with Gasteiger partial charge in [0.25, 0.3) is 0 Å². The Bertz CT molecular complexity index is 468. The highest BCUT2D eigenvalue weighted by Crippen LogP contribution is 2.20. The van der Waals surface area contributed by atoms with Crippen LogP contribution < -0.4 is 15.8 Å². The molecule has 1 aromatic carbocycles. The van der Waals surface area contributed by atoms with Crippen molar-refractivity contribution in [2.75, 3.05) is 13.7 Å². The fraction of sp³-hybridized carbons (Fsp3) is 0.562. The zero-order chi connectivity index (χ0) is 16.8. The van der Waals surface area contributed by atoms with E-state index < -0.39 is 23.8 Å². The lowest BCUT2D eigenvalue weighted by Crippen LogP contribution is -2.37. The van der Waals surface area contributed by atoms with Crippen LogP contribution in [0, 0.1) is 0 Å². The lowest BCUT2D eigenvalue weighted by molar-refractivity contribution is 0.0521. The topological polar surface area (TPSA) is 93.8 Å². The van der Waals surface area contributed by atoms with E-state index in [9.17, 15) is 9.90 Å². The van der Waals surface area contributed by atoms with Gasteiger partial charge in [-0.2, -0.15) is 0 Å². The van der Waals surface area contributed by atoms with E-state index in [1.807, 2.05) is 0 Å². The number of carbonyl (C=O) groups is 1. The van der Waals surface area contributed by atoms with E-state index in [4.69, 9.17) is 15.2 Å². The van der Waals surface area contributed by atoms with E-state index in [-0.39, 0.29) is 0 Å². The smallest absolute Gasteiger partial charge is 0.407 e. The van der Waals surface area contributed by atoms with Crippen LogP contribution in [0.2, 0.25) is 0 Å². The van der Waals surface area contributed by atoms with Crippen LogP contribution in [0.1, 0.15) is 38.9 Å². The number of hydrogen-bond acceptors (Lipinski definition) is 5. The summed E-state index contributed by atoms with van der Waals surface area (Å²) in [5.74, 6) is 0.719. The number of carbonyl (C=O) groups excluding carboxylic acids is 1. The highest BCUT2D eigenvalue weighted by Gasteiger charge is 2.19. The average Bonchev–Trinajstić information content (AvgIpc) is 2.44. The number of aliphatic hydroxyl groups excluding tert-OH is 1. The first-order valence-corrected chi connectivity index (χ1v) is 7.27. The van der Waals surface area contributed by atoms with Crippen molar-refractivity contribution in [2.45, 2.75) is 44.9 Å². The van der Waals surface area contributed by atoms with Crippen LogP contribution in [-0.2, 0) is 4.74 Å². The van der Waals surface area contributed by atoms with Crippen LogP contribution in [0.4, 0.5) is 4.79 Å². The van der Waals surface area contributed by atoms with Crippen LogP contribution in [0.3, 0.4) is 0 Å². The molecule has 0 fully saturated rings. The predicted molar refractivity (Wildman–Crippen MR) is 84.8 cm³/mol. The highest BCUT2D eigenvalue weighted by molar-refractivity contribution is 5.67. The molecule has 0 bridgehead atoms. The molecule has 0 saturated carbocycles. The van der Waals surface area contributed by atoms with Gasteiger partial charge in [-0.25, -0.2) is 4.79 Å². The van der Waals surface area contributed by atoms with Crippen LogP contribution in [0.5, 0.6) is 5.75 Å². The monoisotopic (exact) mass is 310 g/mol. The number of benzene rings is 1. The standard InChI is InChI=1S/C16H26N2O4/c1-16(2,3)22-15(20)18-10-9-13(17)14(19)11-5-7-12(21-4)8-6-11/h5-8,13-14,19H,9-10,17H2,1-4H3,(H,18,20). The molecule has 22 heavy (non-hydrogen) atoms. The number of nitrogens with one attached hydrogen (secondary N) is 1. The number of alkyl carbamates (subject to hydrolysis) is 1. The quantitative estimate of drug-likeness (QED) is 0.747. The SMILES string of the molecule is COc1ccc(C(O)C(N)CCNC(=O)OC(C)(C)C)cc1. The Morgan fingerprint density at radius 1 is 1.32 bits per heavy atom. The summed E-state index contributed by atoms with van der Waals surface area (Å²) in [6.07, 6.45) is -0.850. The van der Waals surface area contributed by atoms with Gasteiger partial charge in [0.2, 0.25) is 0 Å². The van der Waals surface area contributed by atoms with E-state index in [1.165, 1.54) is 0 Å². The molecule has 0 spiro atoms. The molecule has 1 aromatic rings. The Hall–Kier alpha value is -1.79. The lowest BCUT2D eigenvalue weighted by Gasteiger charge is -2.22. The van der Waals surface area contributed by atoms with Gasteiger partial charge in [-0.1, -0.05) is 12.1 Å². The zero-order valence-corrected chi connectivity index (χ0v) is 13.6. The maximum Gasteiger partial charge on any atom is 0.407 e. The number of rotatable bonds is 6. The molecule has 6 nitrogen and oxygen atoms in total. The molecule has 0 saturated heterocycles. The summed E-state index contributed by atoms with van der Waals surface area (Å²) in [7, 11) is 1.58. The van der Waals surface area contributed by atoms with Crippen molar-refractivity contribution >= 4 is 6.09 Å². The fourth-order valence-electron chi connectivity index (χ4n) is 1.86. The third-order valence-corrected chi connectivity index (χ3v) is 3.01. The molecule has 2 unspecified atom stereocenters. The number of hydrogen-bond donors (Lipinski definition) is 3. The largest absolute Gasteiger partial charge is 0.497 e. The minimum absolute atomic E-state index is 0.337. The summed E-state index contributed by atoms with van der Waals surface area (Å²) < 4.78 is 10.2. The molecule has 0 aliphatic carbocycles. The number of methoxy groups -OCH3 is 1. The second-order valence-electron chi connectivity index (χ2n) is 6.10. The molecule has 1 amide bonds.